The second-order valence-electron chi connectivity index (χ2n) is 8.48. The molecule has 0 saturated carbocycles. The van der Waals surface area contributed by atoms with Gasteiger partial charge in [-0.3, -0.25) is 9.59 Å². The number of benzene rings is 2. The largest absolute Gasteiger partial charge is 0.354 e. The van der Waals surface area contributed by atoms with E-state index in [0.29, 0.717) is 11.6 Å². The summed E-state index contributed by atoms with van der Waals surface area (Å²) >= 11 is 5.86. The SMILES string of the molecule is Cc1ccccc1CN(C(=O)CN(C)S(=O)(=O)c1ccc(Cl)cc1)[C@@H](C)C(=O)NCC(C)C. The molecule has 0 aliphatic carbocycles. The van der Waals surface area contributed by atoms with Crippen LogP contribution in [0.15, 0.2) is 53.4 Å². The number of likely N-dealkylation sites (N-methyl/N-ethyl adjacent to an activating group) is 1. The summed E-state index contributed by atoms with van der Waals surface area (Å²) < 4.78 is 26.8. The lowest BCUT2D eigenvalue weighted by atomic mass is 10.1. The van der Waals surface area contributed by atoms with Gasteiger partial charge in [-0.2, -0.15) is 4.31 Å². The summed E-state index contributed by atoms with van der Waals surface area (Å²) in [5.41, 5.74) is 1.87. The van der Waals surface area contributed by atoms with Gasteiger partial charge in [0.1, 0.15) is 6.04 Å². The molecule has 2 amide bonds. The highest BCUT2D eigenvalue weighted by atomic mass is 35.5. The molecule has 0 radical (unpaired) electrons. The van der Waals surface area contributed by atoms with E-state index in [9.17, 15) is 18.0 Å². The van der Waals surface area contributed by atoms with Crippen LogP contribution in [-0.2, 0) is 26.2 Å². The van der Waals surface area contributed by atoms with Crippen LogP contribution in [0.1, 0.15) is 31.9 Å². The van der Waals surface area contributed by atoms with E-state index in [1.807, 2.05) is 45.0 Å². The molecule has 1 atom stereocenters. The van der Waals surface area contributed by atoms with Crippen molar-refractivity contribution in [3.05, 3.63) is 64.7 Å². The quantitative estimate of drug-likeness (QED) is 0.549. The average molecular weight is 494 g/mol. The molecule has 0 bridgehead atoms. The molecule has 0 aliphatic heterocycles. The Labute approximate surface area is 201 Å². The van der Waals surface area contributed by atoms with Crippen molar-refractivity contribution in [1.82, 2.24) is 14.5 Å². The predicted molar refractivity (Wildman–Crippen MR) is 130 cm³/mol. The highest BCUT2D eigenvalue weighted by Crippen LogP contribution is 2.19. The lowest BCUT2D eigenvalue weighted by Crippen LogP contribution is -2.51. The predicted octanol–water partition coefficient (Wildman–Crippen LogP) is 3.46. The molecule has 0 aliphatic rings. The van der Waals surface area contributed by atoms with Crippen molar-refractivity contribution in [1.29, 1.82) is 0 Å². The summed E-state index contributed by atoms with van der Waals surface area (Å²) in [6.07, 6.45) is 0. The van der Waals surface area contributed by atoms with Gasteiger partial charge in [0, 0.05) is 25.2 Å². The van der Waals surface area contributed by atoms with Crippen LogP contribution in [0.25, 0.3) is 0 Å². The number of carbonyl (C=O) groups excluding carboxylic acids is 2. The molecular formula is C24H32ClN3O4S. The summed E-state index contributed by atoms with van der Waals surface area (Å²) in [5.74, 6) is -0.489. The smallest absolute Gasteiger partial charge is 0.243 e. The van der Waals surface area contributed by atoms with Crippen molar-refractivity contribution in [2.24, 2.45) is 5.92 Å². The Kier molecular flexibility index (Phi) is 9.46. The second kappa shape index (κ2) is 11.6. The monoisotopic (exact) mass is 493 g/mol. The Bertz CT molecular complexity index is 1070. The van der Waals surface area contributed by atoms with Gasteiger partial charge in [0.2, 0.25) is 21.8 Å². The molecule has 2 aromatic carbocycles. The highest BCUT2D eigenvalue weighted by molar-refractivity contribution is 7.89. The molecule has 33 heavy (non-hydrogen) atoms. The fourth-order valence-electron chi connectivity index (χ4n) is 3.16. The van der Waals surface area contributed by atoms with Gasteiger partial charge in [0.15, 0.2) is 0 Å². The van der Waals surface area contributed by atoms with Gasteiger partial charge in [-0.1, -0.05) is 49.7 Å². The summed E-state index contributed by atoms with van der Waals surface area (Å²) in [7, 11) is -2.56. The van der Waals surface area contributed by atoms with Gasteiger partial charge in [0.25, 0.3) is 0 Å². The number of carbonyl (C=O) groups is 2. The fourth-order valence-corrected chi connectivity index (χ4v) is 4.41. The first-order chi connectivity index (χ1) is 15.4. The van der Waals surface area contributed by atoms with E-state index in [-0.39, 0.29) is 23.3 Å². The maximum atomic E-state index is 13.3. The lowest BCUT2D eigenvalue weighted by molar-refractivity contribution is -0.140. The number of rotatable bonds is 10. The summed E-state index contributed by atoms with van der Waals surface area (Å²) in [6, 6.07) is 12.6. The highest BCUT2D eigenvalue weighted by Gasteiger charge is 2.30. The van der Waals surface area contributed by atoms with Gasteiger partial charge in [-0.05, 0) is 55.2 Å². The van der Waals surface area contributed by atoms with Crippen molar-refractivity contribution in [2.75, 3.05) is 20.1 Å². The molecule has 180 valence electrons. The van der Waals surface area contributed by atoms with Gasteiger partial charge in [0.05, 0.1) is 11.4 Å². The van der Waals surface area contributed by atoms with Crippen molar-refractivity contribution < 1.29 is 18.0 Å². The molecule has 2 aromatic rings. The van der Waals surface area contributed by atoms with Crippen LogP contribution in [0.2, 0.25) is 5.02 Å². The minimum atomic E-state index is -3.91. The number of nitrogens with zero attached hydrogens (tertiary/aromatic N) is 2. The topological polar surface area (TPSA) is 86.8 Å². The number of sulfonamides is 1. The number of hydrogen-bond donors (Lipinski definition) is 1. The van der Waals surface area contributed by atoms with Crippen LogP contribution in [0, 0.1) is 12.8 Å². The minimum Gasteiger partial charge on any atom is -0.354 e. The molecule has 0 spiro atoms. The zero-order valence-electron chi connectivity index (χ0n) is 19.7. The van der Waals surface area contributed by atoms with Crippen LogP contribution < -0.4 is 5.32 Å². The van der Waals surface area contributed by atoms with Crippen molar-refractivity contribution in [3.63, 3.8) is 0 Å². The fraction of sp³-hybridized carbons (Fsp3) is 0.417. The lowest BCUT2D eigenvalue weighted by Gasteiger charge is -2.31. The van der Waals surface area contributed by atoms with E-state index < -0.39 is 28.5 Å². The number of nitrogens with one attached hydrogen (secondary N) is 1. The number of hydrogen-bond acceptors (Lipinski definition) is 4. The number of halogens is 1. The van der Waals surface area contributed by atoms with E-state index >= 15 is 0 Å². The Morgan fingerprint density at radius 3 is 2.21 bits per heavy atom. The van der Waals surface area contributed by atoms with E-state index in [4.69, 9.17) is 11.6 Å². The standard InChI is InChI=1S/C24H32ClN3O4S/c1-17(2)14-26-24(30)19(4)28(15-20-9-7-6-8-18(20)3)23(29)16-27(5)33(31,32)22-12-10-21(25)11-13-22/h6-13,17,19H,14-16H2,1-5H3,(H,26,30)/t19-/m0/s1. The molecule has 0 fully saturated rings. The van der Waals surface area contributed by atoms with Crippen molar-refractivity contribution in [2.45, 2.75) is 45.2 Å². The Morgan fingerprint density at radius 1 is 1.03 bits per heavy atom. The molecule has 1 N–H and O–H groups in total. The molecule has 0 saturated heterocycles. The molecule has 0 heterocycles. The third kappa shape index (κ3) is 7.28. The summed E-state index contributed by atoms with van der Waals surface area (Å²) in [5, 5.41) is 3.27. The van der Waals surface area contributed by atoms with E-state index in [1.165, 1.54) is 36.2 Å². The van der Waals surface area contributed by atoms with E-state index in [0.717, 1.165) is 15.4 Å². The number of aryl methyl sites for hydroxylation is 1. The van der Waals surface area contributed by atoms with Crippen LogP contribution in [0.5, 0.6) is 0 Å². The van der Waals surface area contributed by atoms with Gasteiger partial charge in [-0.25, -0.2) is 8.42 Å². The third-order valence-corrected chi connectivity index (χ3v) is 7.40. The zero-order valence-corrected chi connectivity index (χ0v) is 21.3. The first kappa shape index (κ1) is 26.8. The molecular weight excluding hydrogens is 462 g/mol. The zero-order chi connectivity index (χ0) is 24.8. The summed E-state index contributed by atoms with van der Waals surface area (Å²) in [4.78, 5) is 27.5. The third-order valence-electron chi connectivity index (χ3n) is 5.33. The Balaban J connectivity index is 2.27. The molecule has 2 rings (SSSR count). The maximum Gasteiger partial charge on any atom is 0.243 e. The van der Waals surface area contributed by atoms with Crippen LogP contribution in [0.4, 0.5) is 0 Å². The van der Waals surface area contributed by atoms with Gasteiger partial charge >= 0.3 is 0 Å². The maximum absolute atomic E-state index is 13.3. The Hall–Kier alpha value is -2.42. The van der Waals surface area contributed by atoms with Crippen molar-refractivity contribution in [3.8, 4) is 0 Å². The van der Waals surface area contributed by atoms with Crippen LogP contribution in [0.3, 0.4) is 0 Å². The minimum absolute atomic E-state index is 0.0374. The first-order valence-electron chi connectivity index (χ1n) is 10.8. The van der Waals surface area contributed by atoms with Crippen molar-refractivity contribution >= 4 is 33.4 Å². The molecule has 0 aromatic heterocycles. The van der Waals surface area contributed by atoms with Gasteiger partial charge in [-0.15, -0.1) is 0 Å². The average Bonchev–Trinajstić information content (AvgIpc) is 2.76. The Morgan fingerprint density at radius 2 is 1.64 bits per heavy atom. The molecule has 9 heteroatoms. The molecule has 7 nitrogen and oxygen atoms in total. The van der Waals surface area contributed by atoms with E-state index in [1.54, 1.807) is 6.92 Å². The number of amides is 2. The molecule has 0 unspecified atom stereocenters. The van der Waals surface area contributed by atoms with Crippen LogP contribution in [-0.4, -0.2) is 55.6 Å². The van der Waals surface area contributed by atoms with Crippen LogP contribution >= 0.6 is 11.6 Å². The normalized spacial score (nSPS) is 12.6. The second-order valence-corrected chi connectivity index (χ2v) is 11.0. The van der Waals surface area contributed by atoms with E-state index in [2.05, 4.69) is 5.32 Å². The first-order valence-corrected chi connectivity index (χ1v) is 12.6. The summed E-state index contributed by atoms with van der Waals surface area (Å²) in [6.45, 7) is 7.82. The van der Waals surface area contributed by atoms with Gasteiger partial charge < -0.3 is 10.2 Å².